The van der Waals surface area contributed by atoms with Gasteiger partial charge in [-0.25, -0.2) is 4.98 Å². The summed E-state index contributed by atoms with van der Waals surface area (Å²) in [5, 5.41) is 8.28. The molecule has 0 bridgehead atoms. The molecular weight excluding hydrogens is 188 g/mol. The summed E-state index contributed by atoms with van der Waals surface area (Å²) in [5.41, 5.74) is 0.825. The number of halogens is 1. The van der Waals surface area contributed by atoms with Crippen LogP contribution in [-0.4, -0.2) is 19.7 Å². The summed E-state index contributed by atoms with van der Waals surface area (Å²) in [6, 6.07) is 1.79. The summed E-state index contributed by atoms with van der Waals surface area (Å²) >= 11 is 5.76. The summed E-state index contributed by atoms with van der Waals surface area (Å²) in [7, 11) is 0. The fourth-order valence-corrected chi connectivity index (χ4v) is 1.20. The van der Waals surface area contributed by atoms with Gasteiger partial charge in [-0.3, -0.25) is 0 Å². The van der Waals surface area contributed by atoms with Crippen LogP contribution in [0, 0.1) is 0 Å². The van der Waals surface area contributed by atoms with Gasteiger partial charge >= 0.3 is 0 Å². The van der Waals surface area contributed by atoms with E-state index in [0.29, 0.717) is 11.6 Å². The van der Waals surface area contributed by atoms with Gasteiger partial charge in [0, 0.05) is 12.4 Å². The number of hydrogen-bond acceptors (Lipinski definition) is 3. The highest BCUT2D eigenvalue weighted by atomic mass is 35.5. The summed E-state index contributed by atoms with van der Waals surface area (Å²) in [4.78, 5) is 3.92. The topological polar surface area (TPSA) is 43.6 Å². The molecule has 0 radical (unpaired) electrons. The van der Waals surface area contributed by atoms with Gasteiger partial charge in [-0.1, -0.05) is 11.6 Å². The van der Waals surface area contributed by atoms with Crippen LogP contribution in [0.3, 0.4) is 0 Å². The van der Waals surface area contributed by atoms with E-state index in [1.807, 2.05) is 10.8 Å². The molecule has 13 heavy (non-hydrogen) atoms. The van der Waals surface area contributed by atoms with Crippen LogP contribution in [0.25, 0.3) is 0 Å². The van der Waals surface area contributed by atoms with E-state index in [0.717, 1.165) is 5.69 Å². The Morgan fingerprint density at radius 2 is 2.38 bits per heavy atom. The van der Waals surface area contributed by atoms with Gasteiger partial charge in [-0.05, 0) is 6.07 Å². The average Bonchev–Trinajstić information content (AvgIpc) is 2.57. The molecule has 0 saturated heterocycles. The van der Waals surface area contributed by atoms with E-state index in [9.17, 15) is 0 Å². The minimum Gasteiger partial charge on any atom is -0.331 e. The zero-order valence-corrected chi connectivity index (χ0v) is 7.52. The molecule has 0 N–H and O–H groups in total. The van der Waals surface area contributed by atoms with Gasteiger partial charge in [0.15, 0.2) is 0 Å². The maximum Gasteiger partial charge on any atom is 0.0949 e. The highest BCUT2D eigenvalue weighted by molar-refractivity contribution is 6.30. The van der Waals surface area contributed by atoms with Gasteiger partial charge in [0.25, 0.3) is 0 Å². The Bertz CT molecular complexity index is 385. The van der Waals surface area contributed by atoms with Gasteiger partial charge in [-0.2, -0.15) is 10.2 Å². The fraction of sp³-hybridized carbons (Fsp3) is 0.125. The van der Waals surface area contributed by atoms with Crippen LogP contribution in [0.2, 0.25) is 5.02 Å². The second-order valence-electron chi connectivity index (χ2n) is 2.60. The second kappa shape index (κ2) is 3.53. The number of aromatic nitrogens is 4. The monoisotopic (exact) mass is 194 g/mol. The molecule has 4 nitrogen and oxygen atoms in total. The van der Waals surface area contributed by atoms with Crippen LogP contribution in [-0.2, 0) is 6.54 Å². The third-order valence-electron chi connectivity index (χ3n) is 1.58. The molecule has 0 fully saturated rings. The van der Waals surface area contributed by atoms with Crippen molar-refractivity contribution in [2.45, 2.75) is 6.54 Å². The smallest absolute Gasteiger partial charge is 0.0949 e. The van der Waals surface area contributed by atoms with Crippen molar-refractivity contribution >= 4 is 11.6 Å². The van der Waals surface area contributed by atoms with E-state index in [2.05, 4.69) is 15.2 Å². The zero-order chi connectivity index (χ0) is 9.10. The number of imidazole rings is 1. The minimum absolute atomic E-state index is 0.602. The molecule has 0 spiro atoms. The Hall–Kier alpha value is -1.42. The minimum atomic E-state index is 0.602. The Kier molecular flexibility index (Phi) is 2.23. The van der Waals surface area contributed by atoms with Crippen molar-refractivity contribution in [2.24, 2.45) is 0 Å². The van der Waals surface area contributed by atoms with Crippen molar-refractivity contribution in [2.75, 3.05) is 0 Å². The maximum absolute atomic E-state index is 5.76. The highest BCUT2D eigenvalue weighted by Crippen LogP contribution is 2.06. The summed E-state index contributed by atoms with van der Waals surface area (Å²) in [5.74, 6) is 0. The molecule has 0 unspecified atom stereocenters. The Labute approximate surface area is 80.2 Å². The Morgan fingerprint density at radius 1 is 1.46 bits per heavy atom. The first-order valence-electron chi connectivity index (χ1n) is 3.77. The second-order valence-corrected chi connectivity index (χ2v) is 3.04. The SMILES string of the molecule is Clc1cnnc(Cn2ccnc2)c1. The predicted molar refractivity (Wildman–Crippen MR) is 48.4 cm³/mol. The third kappa shape index (κ3) is 2.03. The molecule has 2 heterocycles. The molecule has 0 aliphatic heterocycles. The van der Waals surface area contributed by atoms with Crippen LogP contribution in [0.4, 0.5) is 0 Å². The number of hydrogen-bond donors (Lipinski definition) is 0. The van der Waals surface area contributed by atoms with Crippen molar-refractivity contribution in [3.63, 3.8) is 0 Å². The standard InChI is InChI=1S/C8H7ClN4/c9-7-3-8(12-11-4-7)5-13-2-1-10-6-13/h1-4,6H,5H2. The highest BCUT2D eigenvalue weighted by Gasteiger charge is 1.97. The lowest BCUT2D eigenvalue weighted by Crippen LogP contribution is -1.99. The van der Waals surface area contributed by atoms with Gasteiger partial charge in [0.2, 0.25) is 0 Å². The zero-order valence-electron chi connectivity index (χ0n) is 6.76. The van der Waals surface area contributed by atoms with Gasteiger partial charge in [0.1, 0.15) is 0 Å². The van der Waals surface area contributed by atoms with Gasteiger partial charge < -0.3 is 4.57 Å². The van der Waals surface area contributed by atoms with Crippen molar-refractivity contribution in [1.82, 2.24) is 19.7 Å². The summed E-state index contributed by atoms with van der Waals surface area (Å²) in [6.45, 7) is 0.646. The summed E-state index contributed by atoms with van der Waals surface area (Å²) in [6.07, 6.45) is 6.82. The van der Waals surface area contributed by atoms with E-state index in [-0.39, 0.29) is 0 Å². The van der Waals surface area contributed by atoms with E-state index in [1.165, 1.54) is 6.20 Å². The molecule has 66 valence electrons. The Morgan fingerprint density at radius 3 is 3.08 bits per heavy atom. The van der Waals surface area contributed by atoms with Crippen LogP contribution in [0.1, 0.15) is 5.69 Å². The molecule has 0 aliphatic carbocycles. The lowest BCUT2D eigenvalue weighted by atomic mass is 10.4. The Balaban J connectivity index is 2.19. The number of nitrogens with zero attached hydrogens (tertiary/aromatic N) is 4. The van der Waals surface area contributed by atoms with E-state index in [1.54, 1.807) is 18.6 Å². The average molecular weight is 195 g/mol. The van der Waals surface area contributed by atoms with Crippen LogP contribution in [0.5, 0.6) is 0 Å². The van der Waals surface area contributed by atoms with E-state index in [4.69, 9.17) is 11.6 Å². The van der Waals surface area contributed by atoms with Gasteiger partial charge in [0.05, 0.1) is 29.8 Å². The fourth-order valence-electron chi connectivity index (χ4n) is 1.03. The molecule has 2 aromatic heterocycles. The lowest BCUT2D eigenvalue weighted by Gasteiger charge is -1.99. The van der Waals surface area contributed by atoms with Gasteiger partial charge in [-0.15, -0.1) is 0 Å². The molecule has 0 saturated carbocycles. The molecule has 2 aromatic rings. The third-order valence-corrected chi connectivity index (χ3v) is 1.78. The first-order valence-corrected chi connectivity index (χ1v) is 4.15. The molecule has 0 aromatic carbocycles. The van der Waals surface area contributed by atoms with E-state index >= 15 is 0 Å². The molecule has 0 atom stereocenters. The van der Waals surface area contributed by atoms with Crippen LogP contribution >= 0.6 is 11.6 Å². The van der Waals surface area contributed by atoms with Crippen LogP contribution < -0.4 is 0 Å². The molecular formula is C8H7ClN4. The molecule has 2 rings (SSSR count). The largest absolute Gasteiger partial charge is 0.331 e. The van der Waals surface area contributed by atoms with Crippen LogP contribution in [0.15, 0.2) is 31.0 Å². The van der Waals surface area contributed by atoms with Crippen molar-refractivity contribution in [1.29, 1.82) is 0 Å². The lowest BCUT2D eigenvalue weighted by molar-refractivity contribution is 0.752. The number of rotatable bonds is 2. The maximum atomic E-state index is 5.76. The van der Waals surface area contributed by atoms with Crippen molar-refractivity contribution < 1.29 is 0 Å². The predicted octanol–water partition coefficient (Wildman–Crippen LogP) is 1.37. The molecule has 0 aliphatic rings. The van der Waals surface area contributed by atoms with Crippen molar-refractivity contribution in [3.05, 3.63) is 41.7 Å². The van der Waals surface area contributed by atoms with E-state index < -0.39 is 0 Å². The first-order chi connectivity index (χ1) is 6.34. The summed E-state index contributed by atoms with van der Waals surface area (Å²) < 4.78 is 1.90. The quantitative estimate of drug-likeness (QED) is 0.726. The normalized spacial score (nSPS) is 10.2. The molecule has 5 heteroatoms. The molecule has 0 amide bonds. The first kappa shape index (κ1) is 8.19. The van der Waals surface area contributed by atoms with Crippen molar-refractivity contribution in [3.8, 4) is 0 Å².